The molecule has 2 aliphatic rings. The van der Waals surface area contributed by atoms with E-state index in [9.17, 15) is 0 Å². The smallest absolute Gasteiger partial charge is 0.232 e. The molecule has 10 nitrogen and oxygen atoms in total. The minimum absolute atomic E-state index is 0.342. The molecule has 0 aliphatic carbocycles. The lowest BCUT2D eigenvalue weighted by atomic mass is 9.97. The molecular formula is C20H26N10. The van der Waals surface area contributed by atoms with Crippen LogP contribution in [0.15, 0.2) is 12.4 Å². The average Bonchev–Trinajstić information content (AvgIpc) is 3.36. The summed E-state index contributed by atoms with van der Waals surface area (Å²) in [5, 5.41) is 22.9. The third-order valence-corrected chi connectivity index (χ3v) is 6.22. The minimum atomic E-state index is 0.342. The number of nitriles is 1. The van der Waals surface area contributed by atoms with Crippen molar-refractivity contribution in [2.75, 3.05) is 17.2 Å². The molecule has 156 valence electrons. The molecule has 3 aromatic rings. The summed E-state index contributed by atoms with van der Waals surface area (Å²) >= 11 is 0. The Morgan fingerprint density at radius 3 is 2.77 bits per heavy atom. The summed E-state index contributed by atoms with van der Waals surface area (Å²) in [6.45, 7) is 2.83. The predicted molar refractivity (Wildman–Crippen MR) is 113 cm³/mol. The first kappa shape index (κ1) is 18.8. The Morgan fingerprint density at radius 1 is 1.27 bits per heavy atom. The fraction of sp³-hybridized carbons (Fsp3) is 0.550. The van der Waals surface area contributed by atoms with E-state index in [4.69, 9.17) is 10.2 Å². The predicted octanol–water partition coefficient (Wildman–Crippen LogP) is 2.46. The maximum Gasteiger partial charge on any atom is 0.232 e. The molecule has 3 aromatic heterocycles. The van der Waals surface area contributed by atoms with E-state index < -0.39 is 0 Å². The zero-order chi connectivity index (χ0) is 20.7. The van der Waals surface area contributed by atoms with Gasteiger partial charge in [-0.25, -0.2) is 4.98 Å². The van der Waals surface area contributed by atoms with E-state index in [1.54, 1.807) is 6.33 Å². The average molecular weight is 406 g/mol. The third kappa shape index (κ3) is 3.45. The van der Waals surface area contributed by atoms with Gasteiger partial charge in [0.05, 0.1) is 12.4 Å². The van der Waals surface area contributed by atoms with Crippen molar-refractivity contribution in [3.05, 3.63) is 18.1 Å². The van der Waals surface area contributed by atoms with Crippen LogP contribution in [0.25, 0.3) is 11.2 Å². The maximum absolute atomic E-state index is 8.95. The summed E-state index contributed by atoms with van der Waals surface area (Å²) in [4.78, 5) is 16.3. The lowest BCUT2D eigenvalue weighted by Crippen LogP contribution is -2.47. The monoisotopic (exact) mass is 406 g/mol. The van der Waals surface area contributed by atoms with Gasteiger partial charge in [-0.15, -0.1) is 0 Å². The molecule has 3 N–H and O–H groups in total. The molecule has 10 heteroatoms. The zero-order valence-corrected chi connectivity index (χ0v) is 17.3. The van der Waals surface area contributed by atoms with E-state index in [0.717, 1.165) is 36.4 Å². The Hall–Kier alpha value is -3.19. The molecular weight excluding hydrogens is 380 g/mol. The summed E-state index contributed by atoms with van der Waals surface area (Å²) in [6.07, 6.45) is 6.92. The molecule has 0 aromatic carbocycles. The number of H-pyrrole nitrogens is 1. The van der Waals surface area contributed by atoms with Crippen LogP contribution < -0.4 is 10.6 Å². The number of fused-ring (bicyclic) bond motifs is 3. The summed E-state index contributed by atoms with van der Waals surface area (Å²) in [5.41, 5.74) is 2.52. The number of aromatic nitrogens is 6. The lowest BCUT2D eigenvalue weighted by Gasteiger charge is -2.39. The molecule has 3 atom stereocenters. The Balaban J connectivity index is 1.39. The number of piperidine rings is 1. The Bertz CT molecular complexity index is 1080. The van der Waals surface area contributed by atoms with Crippen LogP contribution in [0.3, 0.4) is 0 Å². The number of aromatic amines is 1. The van der Waals surface area contributed by atoms with Crippen LogP contribution in [0, 0.1) is 18.3 Å². The fourth-order valence-electron chi connectivity index (χ4n) is 4.94. The Kier molecular flexibility index (Phi) is 4.75. The highest BCUT2D eigenvalue weighted by molar-refractivity contribution is 5.85. The number of hydrogen-bond donors (Lipinski definition) is 3. The second-order valence-electron chi connectivity index (χ2n) is 8.33. The molecule has 1 unspecified atom stereocenters. The van der Waals surface area contributed by atoms with E-state index in [1.165, 1.54) is 12.8 Å². The van der Waals surface area contributed by atoms with Crippen LogP contribution in [0.1, 0.15) is 37.8 Å². The summed E-state index contributed by atoms with van der Waals surface area (Å²) < 4.78 is 1.96. The zero-order valence-electron chi connectivity index (χ0n) is 17.3. The first-order valence-electron chi connectivity index (χ1n) is 10.5. The van der Waals surface area contributed by atoms with E-state index in [1.807, 2.05) is 24.6 Å². The minimum Gasteiger partial charge on any atom is -0.365 e. The van der Waals surface area contributed by atoms with E-state index >= 15 is 0 Å². The van der Waals surface area contributed by atoms with Crippen molar-refractivity contribution in [1.29, 1.82) is 5.26 Å². The van der Waals surface area contributed by atoms with E-state index in [0.29, 0.717) is 42.0 Å². The van der Waals surface area contributed by atoms with Gasteiger partial charge in [-0.05, 0) is 32.6 Å². The molecule has 2 saturated heterocycles. The molecule has 0 amide bonds. The Morgan fingerprint density at radius 2 is 2.07 bits per heavy atom. The molecule has 0 spiro atoms. The number of nitrogens with one attached hydrogen (secondary N) is 3. The standard InChI is InChI=1S/C20H26N10/c1-12-8-16(28-27-12)24-20-25-18-17(29(2)11-22-18)19(26-20)23-13-9-14-4-5-15(10-13)30(14)7-3-6-21/h8,11,13-15H,3-5,7,9-10H2,1-2H3,(H3,23,24,25,26,27,28)/t13?,14-,15+. The Labute approximate surface area is 174 Å². The molecule has 0 saturated carbocycles. The highest BCUT2D eigenvalue weighted by Crippen LogP contribution is 2.37. The largest absolute Gasteiger partial charge is 0.365 e. The number of imidazole rings is 1. The van der Waals surface area contributed by atoms with Crippen LogP contribution in [-0.4, -0.2) is 59.3 Å². The first-order valence-corrected chi connectivity index (χ1v) is 10.5. The van der Waals surface area contributed by atoms with E-state index in [2.05, 4.69) is 41.8 Å². The van der Waals surface area contributed by atoms with Gasteiger partial charge in [-0.1, -0.05) is 0 Å². The van der Waals surface area contributed by atoms with Crippen molar-refractivity contribution < 1.29 is 0 Å². The molecule has 0 radical (unpaired) electrons. The molecule has 2 bridgehead atoms. The van der Waals surface area contributed by atoms with Crippen LogP contribution in [-0.2, 0) is 7.05 Å². The molecule has 2 fully saturated rings. The second kappa shape index (κ2) is 7.57. The van der Waals surface area contributed by atoms with Gasteiger partial charge in [0.25, 0.3) is 0 Å². The van der Waals surface area contributed by atoms with Crippen LogP contribution >= 0.6 is 0 Å². The van der Waals surface area contributed by atoms with Gasteiger partial charge in [0.1, 0.15) is 5.52 Å². The van der Waals surface area contributed by atoms with Crippen molar-refractivity contribution in [2.24, 2.45) is 7.05 Å². The maximum atomic E-state index is 8.95. The van der Waals surface area contributed by atoms with Crippen molar-refractivity contribution in [3.8, 4) is 6.07 Å². The van der Waals surface area contributed by atoms with Crippen LogP contribution in [0.4, 0.5) is 17.6 Å². The van der Waals surface area contributed by atoms with Gasteiger partial charge in [0.15, 0.2) is 17.3 Å². The summed E-state index contributed by atoms with van der Waals surface area (Å²) in [7, 11) is 1.96. The van der Waals surface area contributed by atoms with Crippen molar-refractivity contribution in [2.45, 2.75) is 57.2 Å². The number of rotatable bonds is 6. The van der Waals surface area contributed by atoms with Crippen molar-refractivity contribution in [3.63, 3.8) is 0 Å². The summed E-state index contributed by atoms with van der Waals surface area (Å²) in [5.74, 6) is 1.95. The number of aryl methyl sites for hydroxylation is 2. The molecule has 5 rings (SSSR count). The molecule has 5 heterocycles. The van der Waals surface area contributed by atoms with Crippen LogP contribution in [0.2, 0.25) is 0 Å². The fourth-order valence-corrected chi connectivity index (χ4v) is 4.94. The van der Waals surface area contributed by atoms with Crippen molar-refractivity contribution >= 4 is 28.7 Å². The van der Waals surface area contributed by atoms with Crippen LogP contribution in [0.5, 0.6) is 0 Å². The third-order valence-electron chi connectivity index (χ3n) is 6.22. The quantitative estimate of drug-likeness (QED) is 0.570. The van der Waals surface area contributed by atoms with Gasteiger partial charge in [0, 0.05) is 49.9 Å². The second-order valence-corrected chi connectivity index (χ2v) is 8.33. The summed E-state index contributed by atoms with van der Waals surface area (Å²) in [6, 6.07) is 5.63. The SMILES string of the molecule is Cc1cc(Nc2nc(NC3C[C@H]4CC[C@@H](C3)N4CCC#N)c3c(ncn3C)n2)n[nH]1. The first-order chi connectivity index (χ1) is 14.6. The highest BCUT2D eigenvalue weighted by atomic mass is 15.3. The van der Waals surface area contributed by atoms with Gasteiger partial charge < -0.3 is 15.2 Å². The molecule has 2 aliphatic heterocycles. The van der Waals surface area contributed by atoms with E-state index in [-0.39, 0.29) is 0 Å². The highest BCUT2D eigenvalue weighted by Gasteiger charge is 2.40. The van der Waals surface area contributed by atoms with Gasteiger partial charge in [-0.3, -0.25) is 10.00 Å². The number of hydrogen-bond acceptors (Lipinski definition) is 8. The topological polar surface area (TPSA) is 123 Å². The van der Waals surface area contributed by atoms with Gasteiger partial charge >= 0.3 is 0 Å². The molecule has 30 heavy (non-hydrogen) atoms. The van der Waals surface area contributed by atoms with Gasteiger partial charge in [-0.2, -0.15) is 20.3 Å². The lowest BCUT2D eigenvalue weighted by molar-refractivity contribution is 0.136. The van der Waals surface area contributed by atoms with Crippen molar-refractivity contribution in [1.82, 2.24) is 34.6 Å². The number of nitrogens with zero attached hydrogens (tertiary/aromatic N) is 7. The normalized spacial score (nSPS) is 23.6. The number of anilines is 3. The van der Waals surface area contributed by atoms with Gasteiger partial charge in [0.2, 0.25) is 5.95 Å².